The van der Waals surface area contributed by atoms with E-state index < -0.39 is 0 Å². The Morgan fingerprint density at radius 1 is 1.43 bits per heavy atom. The molecule has 1 aromatic carbocycles. The van der Waals surface area contributed by atoms with E-state index in [4.69, 9.17) is 11.6 Å². The van der Waals surface area contributed by atoms with E-state index >= 15 is 0 Å². The Morgan fingerprint density at radius 3 is 2.71 bits per heavy atom. The lowest BCUT2D eigenvalue weighted by Crippen LogP contribution is -2.23. The molecule has 0 saturated carbocycles. The maximum atomic E-state index is 12.3. The van der Waals surface area contributed by atoms with Crippen LogP contribution in [0.2, 0.25) is 5.02 Å². The van der Waals surface area contributed by atoms with Gasteiger partial charge in [0.2, 0.25) is 5.91 Å². The van der Waals surface area contributed by atoms with E-state index in [9.17, 15) is 4.79 Å². The molecule has 0 spiro atoms. The number of aromatic nitrogens is 2. The monoisotopic (exact) mass is 323 g/mol. The van der Waals surface area contributed by atoms with Crippen molar-refractivity contribution in [3.63, 3.8) is 0 Å². The standard InChI is InChI=1S/C15H18ClN3OS/c1-9-14(10(2)19(4)18-9)17-15(20)11(3)21-13-7-5-6-12(16)8-13/h5-8,11H,1-4H3,(H,17,20). The van der Waals surface area contributed by atoms with Crippen LogP contribution in [0, 0.1) is 13.8 Å². The van der Waals surface area contributed by atoms with Crippen molar-refractivity contribution in [2.24, 2.45) is 7.05 Å². The molecule has 0 aliphatic heterocycles. The molecular weight excluding hydrogens is 306 g/mol. The third-order valence-electron chi connectivity index (χ3n) is 3.24. The van der Waals surface area contributed by atoms with Gasteiger partial charge in [-0.3, -0.25) is 9.48 Å². The average molecular weight is 324 g/mol. The van der Waals surface area contributed by atoms with Gasteiger partial charge in [0, 0.05) is 17.0 Å². The van der Waals surface area contributed by atoms with Crippen molar-refractivity contribution in [1.82, 2.24) is 9.78 Å². The highest BCUT2D eigenvalue weighted by atomic mass is 35.5. The predicted molar refractivity (Wildman–Crippen MR) is 88.1 cm³/mol. The Hall–Kier alpha value is -1.46. The number of thioether (sulfide) groups is 1. The molecule has 112 valence electrons. The second kappa shape index (κ2) is 6.54. The Labute approximate surface area is 133 Å². The molecule has 21 heavy (non-hydrogen) atoms. The van der Waals surface area contributed by atoms with Crippen molar-refractivity contribution in [1.29, 1.82) is 0 Å². The zero-order chi connectivity index (χ0) is 15.6. The summed E-state index contributed by atoms with van der Waals surface area (Å²) in [6, 6.07) is 7.50. The van der Waals surface area contributed by atoms with Gasteiger partial charge in [-0.1, -0.05) is 17.7 Å². The lowest BCUT2D eigenvalue weighted by molar-refractivity contribution is -0.115. The number of benzene rings is 1. The summed E-state index contributed by atoms with van der Waals surface area (Å²) in [5, 5.41) is 7.71. The van der Waals surface area contributed by atoms with Crippen LogP contribution < -0.4 is 5.32 Å². The van der Waals surface area contributed by atoms with Crippen molar-refractivity contribution >= 4 is 35.0 Å². The molecular formula is C15H18ClN3OS. The fourth-order valence-corrected chi connectivity index (χ4v) is 3.16. The molecule has 2 aromatic rings. The maximum Gasteiger partial charge on any atom is 0.237 e. The molecule has 0 aliphatic carbocycles. The average Bonchev–Trinajstić information content (AvgIpc) is 2.65. The minimum absolute atomic E-state index is 0.0424. The predicted octanol–water partition coefficient (Wildman–Crippen LogP) is 3.81. The van der Waals surface area contributed by atoms with Crippen LogP contribution in [0.4, 0.5) is 5.69 Å². The van der Waals surface area contributed by atoms with Gasteiger partial charge >= 0.3 is 0 Å². The van der Waals surface area contributed by atoms with E-state index in [1.807, 2.05) is 52.1 Å². The number of rotatable bonds is 4. The summed E-state index contributed by atoms with van der Waals surface area (Å²) < 4.78 is 1.76. The highest BCUT2D eigenvalue weighted by Gasteiger charge is 2.18. The Kier molecular flexibility index (Phi) is 4.96. The zero-order valence-electron chi connectivity index (χ0n) is 12.5. The first-order valence-corrected chi connectivity index (χ1v) is 7.87. The molecule has 0 fully saturated rings. The van der Waals surface area contributed by atoms with Crippen LogP contribution in [0.1, 0.15) is 18.3 Å². The summed E-state index contributed by atoms with van der Waals surface area (Å²) in [7, 11) is 1.86. The Bertz CT molecular complexity index is 669. The topological polar surface area (TPSA) is 46.9 Å². The molecule has 0 bridgehead atoms. The molecule has 0 radical (unpaired) electrons. The normalized spacial score (nSPS) is 12.2. The molecule has 6 heteroatoms. The lowest BCUT2D eigenvalue weighted by atomic mass is 10.3. The van der Waals surface area contributed by atoms with Gasteiger partial charge in [-0.2, -0.15) is 5.10 Å². The zero-order valence-corrected chi connectivity index (χ0v) is 14.0. The Balaban J connectivity index is 2.06. The van der Waals surface area contributed by atoms with Crippen LogP contribution in [0.15, 0.2) is 29.2 Å². The number of nitrogens with zero attached hydrogens (tertiary/aromatic N) is 2. The fourth-order valence-electron chi connectivity index (χ4n) is 1.98. The quantitative estimate of drug-likeness (QED) is 0.870. The highest BCUT2D eigenvalue weighted by molar-refractivity contribution is 8.00. The number of carbonyl (C=O) groups excluding carboxylic acids is 1. The van der Waals surface area contributed by atoms with Crippen LogP contribution in [0.3, 0.4) is 0 Å². The van der Waals surface area contributed by atoms with E-state index in [0.717, 1.165) is 22.0 Å². The number of hydrogen-bond donors (Lipinski definition) is 1. The van der Waals surface area contributed by atoms with Crippen LogP contribution in [-0.4, -0.2) is 20.9 Å². The van der Waals surface area contributed by atoms with Crippen molar-refractivity contribution in [2.45, 2.75) is 30.9 Å². The van der Waals surface area contributed by atoms with Crippen LogP contribution >= 0.6 is 23.4 Å². The SMILES string of the molecule is Cc1nn(C)c(C)c1NC(=O)C(C)Sc1cccc(Cl)c1. The van der Waals surface area contributed by atoms with Gasteiger partial charge in [0.1, 0.15) is 0 Å². The number of nitrogens with one attached hydrogen (secondary N) is 1. The van der Waals surface area contributed by atoms with Crippen LogP contribution in [0.5, 0.6) is 0 Å². The first-order chi connectivity index (χ1) is 9.88. The van der Waals surface area contributed by atoms with Gasteiger partial charge in [0.15, 0.2) is 0 Å². The maximum absolute atomic E-state index is 12.3. The molecule has 1 amide bonds. The smallest absolute Gasteiger partial charge is 0.237 e. The largest absolute Gasteiger partial charge is 0.322 e. The number of aryl methyl sites for hydroxylation is 2. The summed E-state index contributed by atoms with van der Waals surface area (Å²) >= 11 is 7.44. The third-order valence-corrected chi connectivity index (χ3v) is 4.56. The second-order valence-electron chi connectivity index (χ2n) is 4.88. The molecule has 0 aliphatic rings. The molecule has 1 atom stereocenters. The minimum atomic E-state index is -0.220. The summed E-state index contributed by atoms with van der Waals surface area (Å²) in [5.41, 5.74) is 2.56. The molecule has 1 unspecified atom stereocenters. The molecule has 0 saturated heterocycles. The van der Waals surface area contributed by atoms with E-state index in [-0.39, 0.29) is 11.2 Å². The van der Waals surface area contributed by atoms with Gasteiger partial charge < -0.3 is 5.32 Å². The Morgan fingerprint density at radius 2 is 2.14 bits per heavy atom. The third kappa shape index (κ3) is 3.80. The summed E-state index contributed by atoms with van der Waals surface area (Å²) in [5.74, 6) is -0.0424. The minimum Gasteiger partial charge on any atom is -0.322 e. The van der Waals surface area contributed by atoms with Gasteiger partial charge in [-0.05, 0) is 39.0 Å². The molecule has 4 nitrogen and oxygen atoms in total. The van der Waals surface area contributed by atoms with E-state index in [2.05, 4.69) is 10.4 Å². The first-order valence-electron chi connectivity index (χ1n) is 6.61. The van der Waals surface area contributed by atoms with E-state index in [1.165, 1.54) is 11.8 Å². The summed E-state index contributed by atoms with van der Waals surface area (Å²) in [6.45, 7) is 5.70. The first kappa shape index (κ1) is 15.9. The highest BCUT2D eigenvalue weighted by Crippen LogP contribution is 2.27. The van der Waals surface area contributed by atoms with Crippen molar-refractivity contribution in [3.8, 4) is 0 Å². The lowest BCUT2D eigenvalue weighted by Gasteiger charge is -2.12. The van der Waals surface area contributed by atoms with Crippen LogP contribution in [0.25, 0.3) is 0 Å². The number of halogens is 1. The summed E-state index contributed by atoms with van der Waals surface area (Å²) in [4.78, 5) is 13.3. The molecule has 1 N–H and O–H groups in total. The van der Waals surface area contributed by atoms with Crippen molar-refractivity contribution in [3.05, 3.63) is 40.7 Å². The van der Waals surface area contributed by atoms with Gasteiger partial charge in [-0.25, -0.2) is 0 Å². The number of anilines is 1. The fraction of sp³-hybridized carbons (Fsp3) is 0.333. The number of amides is 1. The summed E-state index contributed by atoms with van der Waals surface area (Å²) in [6.07, 6.45) is 0. The van der Waals surface area contributed by atoms with E-state index in [1.54, 1.807) is 4.68 Å². The molecule has 1 heterocycles. The second-order valence-corrected chi connectivity index (χ2v) is 6.73. The van der Waals surface area contributed by atoms with Crippen molar-refractivity contribution < 1.29 is 4.79 Å². The van der Waals surface area contributed by atoms with Gasteiger partial charge in [0.05, 0.1) is 22.3 Å². The number of hydrogen-bond acceptors (Lipinski definition) is 3. The van der Waals surface area contributed by atoms with E-state index in [0.29, 0.717) is 5.02 Å². The van der Waals surface area contributed by atoms with Crippen LogP contribution in [-0.2, 0) is 11.8 Å². The molecule has 1 aromatic heterocycles. The van der Waals surface area contributed by atoms with Gasteiger partial charge in [0.25, 0.3) is 0 Å². The van der Waals surface area contributed by atoms with Gasteiger partial charge in [-0.15, -0.1) is 11.8 Å². The molecule has 2 rings (SSSR count). The number of carbonyl (C=O) groups is 1. The van der Waals surface area contributed by atoms with Crippen molar-refractivity contribution in [2.75, 3.05) is 5.32 Å².